The maximum atomic E-state index is 10.6. The Morgan fingerprint density at radius 1 is 1.53 bits per heavy atom. The Bertz CT molecular complexity index is 329. The van der Waals surface area contributed by atoms with Gasteiger partial charge in [0, 0.05) is 12.8 Å². The molecule has 0 bridgehead atoms. The SMILES string of the molecule is Cc1nc(CN2CCC(C=O)CC2)no1. The Morgan fingerprint density at radius 2 is 2.27 bits per heavy atom. The van der Waals surface area contributed by atoms with E-state index in [2.05, 4.69) is 15.0 Å². The van der Waals surface area contributed by atoms with E-state index in [1.807, 2.05) is 0 Å². The Labute approximate surface area is 88.5 Å². The number of nitrogens with zero attached hydrogens (tertiary/aromatic N) is 3. The molecule has 0 spiro atoms. The Kier molecular flexibility index (Phi) is 3.11. The number of aryl methyl sites for hydroxylation is 1. The molecule has 0 amide bonds. The predicted molar refractivity (Wildman–Crippen MR) is 53.1 cm³/mol. The summed E-state index contributed by atoms with van der Waals surface area (Å²) in [5, 5.41) is 3.85. The zero-order valence-corrected chi connectivity index (χ0v) is 8.85. The lowest BCUT2D eigenvalue weighted by Gasteiger charge is -2.28. The first-order chi connectivity index (χ1) is 7.28. The highest BCUT2D eigenvalue weighted by Crippen LogP contribution is 2.16. The van der Waals surface area contributed by atoms with Crippen LogP contribution in [0.4, 0.5) is 0 Å². The van der Waals surface area contributed by atoms with Gasteiger partial charge in [0.25, 0.3) is 0 Å². The lowest BCUT2D eigenvalue weighted by molar-refractivity contribution is -0.112. The molecule has 1 aliphatic heterocycles. The van der Waals surface area contributed by atoms with Crippen molar-refractivity contribution in [1.82, 2.24) is 15.0 Å². The Balaban J connectivity index is 1.84. The predicted octanol–water partition coefficient (Wildman–Crippen LogP) is 0.789. The first-order valence-electron chi connectivity index (χ1n) is 5.25. The summed E-state index contributed by atoms with van der Waals surface area (Å²) in [6.07, 6.45) is 2.95. The molecule has 5 nitrogen and oxygen atoms in total. The highest BCUT2D eigenvalue weighted by molar-refractivity contribution is 5.53. The fraction of sp³-hybridized carbons (Fsp3) is 0.700. The van der Waals surface area contributed by atoms with Gasteiger partial charge in [-0.3, -0.25) is 4.90 Å². The van der Waals surface area contributed by atoms with Crippen molar-refractivity contribution in [2.24, 2.45) is 5.92 Å². The van der Waals surface area contributed by atoms with Crippen molar-refractivity contribution in [2.45, 2.75) is 26.3 Å². The molecule has 0 radical (unpaired) electrons. The van der Waals surface area contributed by atoms with Gasteiger partial charge in [0.2, 0.25) is 5.89 Å². The van der Waals surface area contributed by atoms with Crippen LogP contribution in [-0.2, 0) is 11.3 Å². The third-order valence-electron chi connectivity index (χ3n) is 2.76. The zero-order chi connectivity index (χ0) is 10.7. The molecule has 1 saturated heterocycles. The highest BCUT2D eigenvalue weighted by Gasteiger charge is 2.19. The number of piperidine rings is 1. The van der Waals surface area contributed by atoms with E-state index < -0.39 is 0 Å². The molecule has 0 N–H and O–H groups in total. The van der Waals surface area contributed by atoms with Crippen LogP contribution in [0.3, 0.4) is 0 Å². The topological polar surface area (TPSA) is 59.2 Å². The van der Waals surface area contributed by atoms with Crippen LogP contribution in [0.15, 0.2) is 4.52 Å². The second-order valence-electron chi connectivity index (χ2n) is 3.98. The van der Waals surface area contributed by atoms with Gasteiger partial charge in [0.1, 0.15) is 6.29 Å². The zero-order valence-electron chi connectivity index (χ0n) is 8.85. The fourth-order valence-corrected chi connectivity index (χ4v) is 1.85. The number of carbonyl (C=O) groups is 1. The van der Waals surface area contributed by atoms with Crippen molar-refractivity contribution < 1.29 is 9.32 Å². The van der Waals surface area contributed by atoms with Gasteiger partial charge in [0.15, 0.2) is 5.82 Å². The average molecular weight is 209 g/mol. The number of aldehydes is 1. The van der Waals surface area contributed by atoms with E-state index in [4.69, 9.17) is 4.52 Å². The van der Waals surface area contributed by atoms with E-state index in [9.17, 15) is 4.79 Å². The molecule has 0 unspecified atom stereocenters. The summed E-state index contributed by atoms with van der Waals surface area (Å²) in [5.41, 5.74) is 0. The van der Waals surface area contributed by atoms with Crippen molar-refractivity contribution in [1.29, 1.82) is 0 Å². The van der Waals surface area contributed by atoms with Crippen LogP contribution in [0.2, 0.25) is 0 Å². The molecule has 1 aromatic heterocycles. The quantitative estimate of drug-likeness (QED) is 0.689. The van der Waals surface area contributed by atoms with Crippen molar-refractivity contribution >= 4 is 6.29 Å². The molecular weight excluding hydrogens is 194 g/mol. The van der Waals surface area contributed by atoms with Gasteiger partial charge < -0.3 is 9.32 Å². The Hall–Kier alpha value is -1.23. The molecule has 1 fully saturated rings. The maximum absolute atomic E-state index is 10.6. The van der Waals surface area contributed by atoms with Crippen molar-refractivity contribution in [3.05, 3.63) is 11.7 Å². The van der Waals surface area contributed by atoms with Gasteiger partial charge in [0.05, 0.1) is 6.54 Å². The first-order valence-corrected chi connectivity index (χ1v) is 5.25. The largest absolute Gasteiger partial charge is 0.340 e. The van der Waals surface area contributed by atoms with Crippen LogP contribution in [-0.4, -0.2) is 34.4 Å². The van der Waals surface area contributed by atoms with Gasteiger partial charge in [-0.15, -0.1) is 0 Å². The van der Waals surface area contributed by atoms with Gasteiger partial charge in [-0.1, -0.05) is 5.16 Å². The summed E-state index contributed by atoms with van der Waals surface area (Å²) in [6, 6.07) is 0. The van der Waals surface area contributed by atoms with Gasteiger partial charge in [-0.2, -0.15) is 4.98 Å². The molecule has 5 heteroatoms. The number of hydrogen-bond donors (Lipinski definition) is 0. The molecule has 15 heavy (non-hydrogen) atoms. The standard InChI is InChI=1S/C10H15N3O2/c1-8-11-10(12-15-8)6-13-4-2-9(7-14)3-5-13/h7,9H,2-6H2,1H3. The van der Waals surface area contributed by atoms with Crippen molar-refractivity contribution in [3.63, 3.8) is 0 Å². The number of rotatable bonds is 3. The maximum Gasteiger partial charge on any atom is 0.223 e. The molecule has 2 rings (SSSR count). The van der Waals surface area contributed by atoms with E-state index in [1.54, 1.807) is 6.92 Å². The molecule has 0 aromatic carbocycles. The van der Waals surface area contributed by atoms with Crippen LogP contribution < -0.4 is 0 Å². The summed E-state index contributed by atoms with van der Waals surface area (Å²) in [4.78, 5) is 17.0. The van der Waals surface area contributed by atoms with Gasteiger partial charge in [-0.25, -0.2) is 0 Å². The normalized spacial score (nSPS) is 19.3. The second kappa shape index (κ2) is 4.53. The van der Waals surface area contributed by atoms with Crippen LogP contribution in [0.25, 0.3) is 0 Å². The number of aromatic nitrogens is 2. The van der Waals surface area contributed by atoms with E-state index in [1.165, 1.54) is 0 Å². The summed E-state index contributed by atoms with van der Waals surface area (Å²) in [5.74, 6) is 1.58. The fourth-order valence-electron chi connectivity index (χ4n) is 1.85. The second-order valence-corrected chi connectivity index (χ2v) is 3.98. The summed E-state index contributed by atoms with van der Waals surface area (Å²) >= 11 is 0. The lowest BCUT2D eigenvalue weighted by Crippen LogP contribution is -2.33. The molecule has 0 atom stereocenters. The summed E-state index contributed by atoms with van der Waals surface area (Å²) < 4.78 is 4.90. The van der Waals surface area contributed by atoms with Crippen LogP contribution >= 0.6 is 0 Å². The van der Waals surface area contributed by atoms with E-state index in [0.717, 1.165) is 44.6 Å². The molecule has 0 aliphatic carbocycles. The third-order valence-corrected chi connectivity index (χ3v) is 2.76. The molecule has 2 heterocycles. The van der Waals surface area contributed by atoms with Gasteiger partial charge >= 0.3 is 0 Å². The van der Waals surface area contributed by atoms with Crippen molar-refractivity contribution in [3.8, 4) is 0 Å². The Morgan fingerprint density at radius 3 is 2.80 bits per heavy atom. The van der Waals surface area contributed by atoms with E-state index >= 15 is 0 Å². The summed E-state index contributed by atoms with van der Waals surface area (Å²) in [6.45, 7) is 4.39. The minimum absolute atomic E-state index is 0.244. The minimum Gasteiger partial charge on any atom is -0.340 e. The van der Waals surface area contributed by atoms with E-state index in [-0.39, 0.29) is 5.92 Å². The van der Waals surface area contributed by atoms with Crippen molar-refractivity contribution in [2.75, 3.05) is 13.1 Å². The highest BCUT2D eigenvalue weighted by atomic mass is 16.5. The smallest absolute Gasteiger partial charge is 0.223 e. The van der Waals surface area contributed by atoms with Crippen LogP contribution in [0.1, 0.15) is 24.6 Å². The van der Waals surface area contributed by atoms with Gasteiger partial charge in [-0.05, 0) is 25.9 Å². The lowest BCUT2D eigenvalue weighted by atomic mass is 9.99. The molecular formula is C10H15N3O2. The van der Waals surface area contributed by atoms with Crippen LogP contribution in [0.5, 0.6) is 0 Å². The third kappa shape index (κ3) is 2.62. The summed E-state index contributed by atoms with van der Waals surface area (Å²) in [7, 11) is 0. The monoisotopic (exact) mass is 209 g/mol. The average Bonchev–Trinajstić information content (AvgIpc) is 2.65. The molecule has 1 aromatic rings. The number of carbonyl (C=O) groups excluding carboxylic acids is 1. The molecule has 1 aliphatic rings. The number of likely N-dealkylation sites (tertiary alicyclic amines) is 1. The molecule has 0 saturated carbocycles. The molecule has 82 valence electrons. The van der Waals surface area contributed by atoms with Crippen LogP contribution in [0, 0.1) is 12.8 Å². The minimum atomic E-state index is 0.244. The van der Waals surface area contributed by atoms with E-state index in [0.29, 0.717) is 5.89 Å². The first kappa shape index (κ1) is 10.3. The number of hydrogen-bond acceptors (Lipinski definition) is 5.